The average molecular weight is 344 g/mol. The number of rotatable bonds is 4. The van der Waals surface area contributed by atoms with Gasteiger partial charge in [-0.05, 0) is 31.5 Å². The largest absolute Gasteiger partial charge is 0.336 e. The molecule has 1 aromatic heterocycles. The van der Waals surface area contributed by atoms with Crippen LogP contribution in [0.3, 0.4) is 0 Å². The van der Waals surface area contributed by atoms with Crippen molar-refractivity contribution >= 4 is 31.6 Å². The van der Waals surface area contributed by atoms with Crippen molar-refractivity contribution in [2.75, 3.05) is 4.72 Å². The zero-order chi connectivity index (χ0) is 14.0. The Hall–Kier alpha value is -1.34. The highest BCUT2D eigenvalue weighted by Gasteiger charge is 2.18. The van der Waals surface area contributed by atoms with Gasteiger partial charge >= 0.3 is 0 Å². The Labute approximate surface area is 120 Å². The van der Waals surface area contributed by atoms with Crippen molar-refractivity contribution in [1.29, 1.82) is 0 Å². The lowest BCUT2D eigenvalue weighted by atomic mass is 10.2. The van der Waals surface area contributed by atoms with E-state index < -0.39 is 10.0 Å². The Morgan fingerprint density at radius 3 is 2.79 bits per heavy atom. The summed E-state index contributed by atoms with van der Waals surface area (Å²) in [6, 6.07) is 5.43. The topological polar surface area (TPSA) is 64.0 Å². The number of sulfonamides is 1. The summed E-state index contributed by atoms with van der Waals surface area (Å²) in [5.41, 5.74) is 1.39. The van der Waals surface area contributed by atoms with Gasteiger partial charge in [0.1, 0.15) is 0 Å². The molecule has 2 aromatic rings. The molecule has 7 heteroatoms. The first kappa shape index (κ1) is 14.1. The first-order chi connectivity index (χ1) is 8.92. The molecule has 2 rings (SSSR count). The predicted octanol–water partition coefficient (Wildman–Crippen LogP) is 2.77. The second kappa shape index (κ2) is 5.34. The Bertz CT molecular complexity index is 695. The van der Waals surface area contributed by atoms with Crippen molar-refractivity contribution in [2.24, 2.45) is 0 Å². The molecule has 5 nitrogen and oxygen atoms in total. The maximum atomic E-state index is 12.2. The van der Waals surface area contributed by atoms with Crippen LogP contribution in [0.2, 0.25) is 0 Å². The summed E-state index contributed by atoms with van der Waals surface area (Å²) in [5, 5.41) is 0.0220. The zero-order valence-electron chi connectivity index (χ0n) is 10.6. The van der Waals surface area contributed by atoms with Crippen LogP contribution in [0.5, 0.6) is 0 Å². The number of imidazole rings is 1. The number of aromatic nitrogens is 2. The number of nitrogens with zero attached hydrogens (tertiary/aromatic N) is 2. The number of hydrogen-bond donors (Lipinski definition) is 1. The number of halogens is 1. The summed E-state index contributed by atoms with van der Waals surface area (Å²) in [6.07, 6.45) is 3.01. The standard InChI is InChI=1S/C12H14BrN3O2S/c1-3-16-7-12(14-8-16)19(17,18)15-11-6-10(13)5-4-9(11)2/h4-8,15H,3H2,1-2H3. The third-order valence-corrected chi connectivity index (χ3v) is 4.44. The molecular weight excluding hydrogens is 330 g/mol. The highest BCUT2D eigenvalue weighted by Crippen LogP contribution is 2.23. The molecule has 0 fully saturated rings. The van der Waals surface area contributed by atoms with Gasteiger partial charge in [-0.3, -0.25) is 4.72 Å². The number of nitrogens with one attached hydrogen (secondary N) is 1. The van der Waals surface area contributed by atoms with Gasteiger partial charge in [0.05, 0.1) is 12.0 Å². The maximum absolute atomic E-state index is 12.2. The summed E-state index contributed by atoms with van der Waals surface area (Å²) in [4.78, 5) is 3.91. The minimum atomic E-state index is -3.64. The summed E-state index contributed by atoms with van der Waals surface area (Å²) >= 11 is 3.32. The van der Waals surface area contributed by atoms with Crippen LogP contribution in [0.15, 0.2) is 40.2 Å². The number of hydrogen-bond acceptors (Lipinski definition) is 3. The van der Waals surface area contributed by atoms with Gasteiger partial charge < -0.3 is 4.57 Å². The van der Waals surface area contributed by atoms with Crippen LogP contribution in [0.1, 0.15) is 12.5 Å². The van der Waals surface area contributed by atoms with E-state index in [0.717, 1.165) is 10.0 Å². The third-order valence-electron chi connectivity index (χ3n) is 2.69. The molecule has 0 radical (unpaired) electrons. The maximum Gasteiger partial charge on any atom is 0.280 e. The fraction of sp³-hybridized carbons (Fsp3) is 0.250. The molecule has 19 heavy (non-hydrogen) atoms. The quantitative estimate of drug-likeness (QED) is 0.928. The highest BCUT2D eigenvalue weighted by atomic mass is 79.9. The van der Waals surface area contributed by atoms with E-state index in [1.54, 1.807) is 10.6 Å². The van der Waals surface area contributed by atoms with E-state index in [2.05, 4.69) is 25.6 Å². The van der Waals surface area contributed by atoms with Gasteiger partial charge in [0.15, 0.2) is 5.03 Å². The van der Waals surface area contributed by atoms with Crippen LogP contribution < -0.4 is 4.72 Å². The molecule has 1 N–H and O–H groups in total. The van der Waals surface area contributed by atoms with Gasteiger partial charge in [-0.15, -0.1) is 0 Å². The second-order valence-electron chi connectivity index (χ2n) is 4.11. The Morgan fingerprint density at radius 1 is 1.42 bits per heavy atom. The second-order valence-corrected chi connectivity index (χ2v) is 6.65. The summed E-state index contributed by atoms with van der Waals surface area (Å²) in [5.74, 6) is 0. The molecule has 0 unspecified atom stereocenters. The summed E-state index contributed by atoms with van der Waals surface area (Å²) in [7, 11) is -3.64. The molecule has 0 saturated carbocycles. The first-order valence-corrected chi connectivity index (χ1v) is 8.00. The van der Waals surface area contributed by atoms with Crippen LogP contribution in [0.4, 0.5) is 5.69 Å². The molecule has 0 aliphatic heterocycles. The number of anilines is 1. The van der Waals surface area contributed by atoms with Crippen molar-refractivity contribution in [3.05, 3.63) is 40.8 Å². The predicted molar refractivity (Wildman–Crippen MR) is 77.6 cm³/mol. The van der Waals surface area contributed by atoms with E-state index in [-0.39, 0.29) is 5.03 Å². The molecule has 0 aliphatic carbocycles. The van der Waals surface area contributed by atoms with Gasteiger partial charge in [0, 0.05) is 17.2 Å². The van der Waals surface area contributed by atoms with Crippen molar-refractivity contribution < 1.29 is 8.42 Å². The molecule has 0 saturated heterocycles. The minimum absolute atomic E-state index is 0.0220. The molecule has 0 amide bonds. The fourth-order valence-electron chi connectivity index (χ4n) is 1.55. The van der Waals surface area contributed by atoms with Gasteiger partial charge in [0.25, 0.3) is 10.0 Å². The normalized spacial score (nSPS) is 11.5. The van der Waals surface area contributed by atoms with Gasteiger partial charge in [-0.2, -0.15) is 8.42 Å². The minimum Gasteiger partial charge on any atom is -0.336 e. The van der Waals surface area contributed by atoms with Gasteiger partial charge in [-0.25, -0.2) is 4.98 Å². The molecule has 1 aromatic carbocycles. The molecule has 0 atom stereocenters. The van der Waals surface area contributed by atoms with Crippen LogP contribution in [-0.2, 0) is 16.6 Å². The smallest absolute Gasteiger partial charge is 0.280 e. The lowest BCUT2D eigenvalue weighted by Crippen LogP contribution is -2.14. The molecule has 102 valence electrons. The molecule has 0 aliphatic rings. The van der Waals surface area contributed by atoms with E-state index in [4.69, 9.17) is 0 Å². The molecule has 0 bridgehead atoms. The third kappa shape index (κ3) is 3.16. The van der Waals surface area contributed by atoms with E-state index >= 15 is 0 Å². The van der Waals surface area contributed by atoms with Crippen LogP contribution >= 0.6 is 15.9 Å². The lowest BCUT2D eigenvalue weighted by molar-refractivity contribution is 0.598. The van der Waals surface area contributed by atoms with Crippen molar-refractivity contribution in [3.8, 4) is 0 Å². The average Bonchev–Trinajstić information content (AvgIpc) is 2.83. The Morgan fingerprint density at radius 2 is 2.16 bits per heavy atom. The highest BCUT2D eigenvalue weighted by molar-refractivity contribution is 9.10. The van der Waals surface area contributed by atoms with E-state index in [9.17, 15) is 8.42 Å². The monoisotopic (exact) mass is 343 g/mol. The van der Waals surface area contributed by atoms with Gasteiger partial charge in [-0.1, -0.05) is 22.0 Å². The van der Waals surface area contributed by atoms with E-state index in [1.165, 1.54) is 12.5 Å². The number of aryl methyl sites for hydroxylation is 2. The molecule has 1 heterocycles. The van der Waals surface area contributed by atoms with Gasteiger partial charge in [0.2, 0.25) is 0 Å². The van der Waals surface area contributed by atoms with Crippen LogP contribution in [-0.4, -0.2) is 18.0 Å². The van der Waals surface area contributed by atoms with Crippen molar-refractivity contribution in [1.82, 2.24) is 9.55 Å². The van der Waals surface area contributed by atoms with E-state index in [1.807, 2.05) is 26.0 Å². The molecule has 0 spiro atoms. The Kier molecular flexibility index (Phi) is 3.96. The SMILES string of the molecule is CCn1cnc(S(=O)(=O)Nc2cc(Br)ccc2C)c1. The van der Waals surface area contributed by atoms with Crippen molar-refractivity contribution in [3.63, 3.8) is 0 Å². The van der Waals surface area contributed by atoms with Crippen LogP contribution in [0, 0.1) is 6.92 Å². The van der Waals surface area contributed by atoms with Crippen LogP contribution in [0.25, 0.3) is 0 Å². The van der Waals surface area contributed by atoms with Crippen molar-refractivity contribution in [2.45, 2.75) is 25.4 Å². The summed E-state index contributed by atoms with van der Waals surface area (Å²) < 4.78 is 29.5. The first-order valence-electron chi connectivity index (χ1n) is 5.73. The van der Waals surface area contributed by atoms with E-state index in [0.29, 0.717) is 12.2 Å². The zero-order valence-corrected chi connectivity index (χ0v) is 13.0. The number of benzene rings is 1. The fourth-order valence-corrected chi connectivity index (χ4v) is 2.99. The molecular formula is C12H14BrN3O2S. The lowest BCUT2D eigenvalue weighted by Gasteiger charge is -2.09. The summed E-state index contributed by atoms with van der Waals surface area (Å²) in [6.45, 7) is 4.44. The Balaban J connectivity index is 2.33.